The quantitative estimate of drug-likeness (QED) is 0.764. The molecule has 0 heterocycles. The lowest BCUT2D eigenvalue weighted by atomic mass is 10.0. The summed E-state index contributed by atoms with van der Waals surface area (Å²) in [6.45, 7) is 0. The summed E-state index contributed by atoms with van der Waals surface area (Å²) in [5.74, 6) is 0.382. The Morgan fingerprint density at radius 2 is 1.70 bits per heavy atom. The van der Waals surface area contributed by atoms with E-state index in [4.69, 9.17) is 23.2 Å². The highest BCUT2D eigenvalue weighted by molar-refractivity contribution is 6.42. The molecular weight excluding hydrogens is 296 g/mol. The lowest BCUT2D eigenvalue weighted by Gasteiger charge is -2.20. The predicted molar refractivity (Wildman–Crippen MR) is 81.9 cm³/mol. The summed E-state index contributed by atoms with van der Waals surface area (Å²) in [5, 5.41) is 4.56. The second-order valence-electron chi connectivity index (χ2n) is 5.14. The molecule has 0 radical (unpaired) electrons. The first-order chi connectivity index (χ1) is 9.63. The molecule has 0 saturated heterocycles. The SMILES string of the molecule is Fc1ccc(C(Nc2ccc(Cl)c(Cl)c2)C2CC2)cc1. The van der Waals surface area contributed by atoms with Crippen molar-refractivity contribution >= 4 is 28.9 Å². The van der Waals surface area contributed by atoms with Gasteiger partial charge in [-0.2, -0.15) is 0 Å². The van der Waals surface area contributed by atoms with Gasteiger partial charge in [-0.25, -0.2) is 4.39 Å². The van der Waals surface area contributed by atoms with Gasteiger partial charge in [-0.3, -0.25) is 0 Å². The molecule has 0 aliphatic heterocycles. The van der Waals surface area contributed by atoms with E-state index in [1.807, 2.05) is 24.3 Å². The van der Waals surface area contributed by atoms with E-state index >= 15 is 0 Å². The van der Waals surface area contributed by atoms with E-state index in [2.05, 4.69) is 5.32 Å². The largest absolute Gasteiger partial charge is 0.378 e. The number of hydrogen-bond donors (Lipinski definition) is 1. The number of hydrogen-bond acceptors (Lipinski definition) is 1. The van der Waals surface area contributed by atoms with Gasteiger partial charge in [-0.1, -0.05) is 35.3 Å². The average Bonchev–Trinajstić information content (AvgIpc) is 3.26. The Hall–Kier alpha value is -1.25. The molecule has 1 fully saturated rings. The summed E-state index contributed by atoms with van der Waals surface area (Å²) in [7, 11) is 0. The third kappa shape index (κ3) is 3.08. The minimum atomic E-state index is -0.210. The van der Waals surface area contributed by atoms with Crippen molar-refractivity contribution in [2.45, 2.75) is 18.9 Å². The van der Waals surface area contributed by atoms with Gasteiger partial charge in [0, 0.05) is 5.69 Å². The molecule has 1 nitrogen and oxygen atoms in total. The zero-order valence-electron chi connectivity index (χ0n) is 10.7. The van der Waals surface area contributed by atoms with Crippen molar-refractivity contribution in [3.8, 4) is 0 Å². The van der Waals surface area contributed by atoms with Gasteiger partial charge in [-0.05, 0) is 54.7 Å². The van der Waals surface area contributed by atoms with Crippen molar-refractivity contribution in [1.29, 1.82) is 0 Å². The standard InChI is InChI=1S/C16H14Cl2FN/c17-14-8-7-13(9-15(14)18)20-16(10-1-2-10)11-3-5-12(19)6-4-11/h3-10,16,20H,1-2H2. The van der Waals surface area contributed by atoms with Crippen LogP contribution >= 0.6 is 23.2 Å². The third-order valence-electron chi connectivity index (χ3n) is 3.56. The number of rotatable bonds is 4. The molecule has 1 aliphatic rings. The summed E-state index contributed by atoms with van der Waals surface area (Å²) in [6, 6.07) is 12.4. The van der Waals surface area contributed by atoms with E-state index in [0.717, 1.165) is 11.3 Å². The van der Waals surface area contributed by atoms with Crippen LogP contribution in [0.2, 0.25) is 10.0 Å². The summed E-state index contributed by atoms with van der Waals surface area (Å²) in [6.07, 6.45) is 2.38. The highest BCUT2D eigenvalue weighted by atomic mass is 35.5. The Balaban J connectivity index is 1.84. The fraction of sp³-hybridized carbons (Fsp3) is 0.250. The molecular formula is C16H14Cl2FN. The Kier molecular flexibility index (Phi) is 3.86. The van der Waals surface area contributed by atoms with E-state index in [1.165, 1.54) is 25.0 Å². The minimum absolute atomic E-state index is 0.188. The molecule has 20 heavy (non-hydrogen) atoms. The average molecular weight is 310 g/mol. The molecule has 2 aromatic carbocycles. The van der Waals surface area contributed by atoms with E-state index in [1.54, 1.807) is 6.07 Å². The summed E-state index contributed by atoms with van der Waals surface area (Å²) in [5.41, 5.74) is 2.03. The highest BCUT2D eigenvalue weighted by Gasteiger charge is 2.32. The van der Waals surface area contributed by atoms with Gasteiger partial charge in [0.1, 0.15) is 5.82 Å². The van der Waals surface area contributed by atoms with Crippen LogP contribution in [-0.4, -0.2) is 0 Å². The van der Waals surface area contributed by atoms with Gasteiger partial charge in [0.2, 0.25) is 0 Å². The first-order valence-corrected chi connectivity index (χ1v) is 7.36. The predicted octanol–water partition coefficient (Wildman–Crippen LogP) is 5.70. The number of nitrogens with one attached hydrogen (secondary N) is 1. The smallest absolute Gasteiger partial charge is 0.123 e. The fourth-order valence-electron chi connectivity index (χ4n) is 2.34. The van der Waals surface area contributed by atoms with Crippen LogP contribution in [0.25, 0.3) is 0 Å². The van der Waals surface area contributed by atoms with Crippen LogP contribution in [0.15, 0.2) is 42.5 Å². The lowest BCUT2D eigenvalue weighted by Crippen LogP contribution is -2.12. The van der Waals surface area contributed by atoms with Crippen LogP contribution < -0.4 is 5.32 Å². The molecule has 0 aromatic heterocycles. The normalized spacial score (nSPS) is 15.9. The van der Waals surface area contributed by atoms with E-state index in [0.29, 0.717) is 16.0 Å². The minimum Gasteiger partial charge on any atom is -0.378 e. The van der Waals surface area contributed by atoms with Gasteiger partial charge in [0.25, 0.3) is 0 Å². The van der Waals surface area contributed by atoms with Crippen LogP contribution in [0.4, 0.5) is 10.1 Å². The van der Waals surface area contributed by atoms with Crippen LogP contribution in [0.5, 0.6) is 0 Å². The Labute approximate surface area is 127 Å². The van der Waals surface area contributed by atoms with Crippen molar-refractivity contribution in [3.05, 3.63) is 63.9 Å². The zero-order valence-corrected chi connectivity index (χ0v) is 12.3. The second-order valence-corrected chi connectivity index (χ2v) is 5.95. The maximum Gasteiger partial charge on any atom is 0.123 e. The van der Waals surface area contributed by atoms with E-state index in [9.17, 15) is 4.39 Å². The van der Waals surface area contributed by atoms with Crippen LogP contribution in [0.1, 0.15) is 24.4 Å². The Morgan fingerprint density at radius 3 is 2.30 bits per heavy atom. The monoisotopic (exact) mass is 309 g/mol. The van der Waals surface area contributed by atoms with E-state index < -0.39 is 0 Å². The van der Waals surface area contributed by atoms with Crippen molar-refractivity contribution in [1.82, 2.24) is 0 Å². The molecule has 1 atom stereocenters. The maximum absolute atomic E-state index is 13.0. The number of benzene rings is 2. The van der Waals surface area contributed by atoms with Crippen molar-refractivity contribution in [2.75, 3.05) is 5.32 Å². The number of halogens is 3. The Morgan fingerprint density at radius 1 is 1.00 bits per heavy atom. The highest BCUT2D eigenvalue weighted by Crippen LogP contribution is 2.43. The van der Waals surface area contributed by atoms with Crippen molar-refractivity contribution in [2.24, 2.45) is 5.92 Å². The molecule has 1 N–H and O–H groups in total. The summed E-state index contributed by atoms with van der Waals surface area (Å²) < 4.78 is 13.0. The molecule has 0 bridgehead atoms. The molecule has 4 heteroatoms. The fourth-order valence-corrected chi connectivity index (χ4v) is 2.64. The van der Waals surface area contributed by atoms with Gasteiger partial charge in [-0.15, -0.1) is 0 Å². The molecule has 3 rings (SSSR count). The van der Waals surface area contributed by atoms with Crippen molar-refractivity contribution in [3.63, 3.8) is 0 Å². The van der Waals surface area contributed by atoms with E-state index in [-0.39, 0.29) is 11.9 Å². The molecule has 2 aromatic rings. The molecule has 0 spiro atoms. The van der Waals surface area contributed by atoms with Gasteiger partial charge in [0.05, 0.1) is 16.1 Å². The lowest BCUT2D eigenvalue weighted by molar-refractivity contribution is 0.622. The van der Waals surface area contributed by atoms with Crippen LogP contribution in [0, 0.1) is 11.7 Å². The maximum atomic E-state index is 13.0. The van der Waals surface area contributed by atoms with Gasteiger partial charge in [0.15, 0.2) is 0 Å². The zero-order chi connectivity index (χ0) is 14.1. The van der Waals surface area contributed by atoms with Crippen LogP contribution in [0.3, 0.4) is 0 Å². The molecule has 1 aliphatic carbocycles. The van der Waals surface area contributed by atoms with Gasteiger partial charge < -0.3 is 5.32 Å². The first kappa shape index (κ1) is 13.7. The topological polar surface area (TPSA) is 12.0 Å². The van der Waals surface area contributed by atoms with Gasteiger partial charge >= 0.3 is 0 Å². The third-order valence-corrected chi connectivity index (χ3v) is 4.30. The van der Waals surface area contributed by atoms with Crippen LogP contribution in [-0.2, 0) is 0 Å². The first-order valence-electron chi connectivity index (χ1n) is 6.60. The second kappa shape index (κ2) is 5.63. The molecule has 1 unspecified atom stereocenters. The number of anilines is 1. The Bertz CT molecular complexity index is 608. The van der Waals surface area contributed by atoms with Crippen molar-refractivity contribution < 1.29 is 4.39 Å². The molecule has 104 valence electrons. The summed E-state index contributed by atoms with van der Waals surface area (Å²) in [4.78, 5) is 0. The summed E-state index contributed by atoms with van der Waals surface area (Å²) >= 11 is 12.0. The molecule has 0 amide bonds. The molecule has 1 saturated carbocycles.